The first-order chi connectivity index (χ1) is 9.27. The fourth-order valence-corrected chi connectivity index (χ4v) is 1.90. The van der Waals surface area contributed by atoms with E-state index in [2.05, 4.69) is 24.5 Å². The van der Waals surface area contributed by atoms with Gasteiger partial charge < -0.3 is 10.6 Å². The topological polar surface area (TPSA) is 41.1 Å². The monoisotopic (exact) mass is 262 g/mol. The molecule has 0 aliphatic carbocycles. The predicted octanol–water partition coefficient (Wildman–Crippen LogP) is 3.11. The zero-order chi connectivity index (χ0) is 13.9. The van der Waals surface area contributed by atoms with Crippen LogP contribution in [0.1, 0.15) is 55.5 Å². The first kappa shape index (κ1) is 15.7. The summed E-state index contributed by atoms with van der Waals surface area (Å²) in [5.41, 5.74) is 1.96. The van der Waals surface area contributed by atoms with Gasteiger partial charge in [-0.15, -0.1) is 0 Å². The van der Waals surface area contributed by atoms with Crippen LogP contribution in [0.2, 0.25) is 0 Å². The molecule has 1 aromatic rings. The Bertz CT molecular complexity index is 360. The number of unbranched alkanes of at least 4 members (excludes halogenated alkanes) is 3. The molecule has 2 N–H and O–H groups in total. The minimum Gasteiger partial charge on any atom is -0.352 e. The molecule has 0 saturated heterocycles. The average Bonchev–Trinajstić information content (AvgIpc) is 2.45. The van der Waals surface area contributed by atoms with E-state index in [9.17, 15) is 4.79 Å². The van der Waals surface area contributed by atoms with E-state index in [0.717, 1.165) is 31.6 Å². The zero-order valence-electron chi connectivity index (χ0n) is 12.2. The van der Waals surface area contributed by atoms with Crippen LogP contribution < -0.4 is 10.6 Å². The van der Waals surface area contributed by atoms with Gasteiger partial charge in [0.1, 0.15) is 0 Å². The fourth-order valence-electron chi connectivity index (χ4n) is 1.90. The second-order valence-electron chi connectivity index (χ2n) is 4.79. The number of rotatable bonds is 9. The molecule has 1 aromatic carbocycles. The molecule has 3 nitrogen and oxygen atoms in total. The van der Waals surface area contributed by atoms with Crippen molar-refractivity contribution in [1.29, 1.82) is 0 Å². The first-order valence-electron chi connectivity index (χ1n) is 7.35. The Morgan fingerprint density at radius 2 is 1.79 bits per heavy atom. The van der Waals surface area contributed by atoms with Gasteiger partial charge in [0, 0.05) is 18.7 Å². The number of nitrogens with one attached hydrogen (secondary N) is 2. The number of hydrogen-bond donors (Lipinski definition) is 2. The molecule has 0 saturated carbocycles. The van der Waals surface area contributed by atoms with E-state index in [4.69, 9.17) is 0 Å². The molecule has 0 atom stereocenters. The van der Waals surface area contributed by atoms with Gasteiger partial charge in [-0.25, -0.2) is 0 Å². The molecular formula is C16H26N2O. The normalized spacial score (nSPS) is 10.4. The standard InChI is InChI=1S/C16H26N2O/c1-3-5-6-7-12-18-16(19)15-10-8-14(9-11-15)13-17-4-2/h8-11,17H,3-7,12-13H2,1-2H3,(H,18,19). The molecular weight excluding hydrogens is 236 g/mol. The predicted molar refractivity (Wildman–Crippen MR) is 80.3 cm³/mol. The van der Waals surface area contributed by atoms with Crippen molar-refractivity contribution in [2.24, 2.45) is 0 Å². The van der Waals surface area contributed by atoms with E-state index in [1.165, 1.54) is 24.8 Å². The molecule has 0 radical (unpaired) electrons. The summed E-state index contributed by atoms with van der Waals surface area (Å²) in [5.74, 6) is 0.0338. The second-order valence-corrected chi connectivity index (χ2v) is 4.79. The minimum absolute atomic E-state index is 0.0338. The Morgan fingerprint density at radius 3 is 2.42 bits per heavy atom. The highest BCUT2D eigenvalue weighted by atomic mass is 16.1. The smallest absolute Gasteiger partial charge is 0.251 e. The molecule has 3 heteroatoms. The summed E-state index contributed by atoms with van der Waals surface area (Å²) in [6, 6.07) is 7.81. The molecule has 19 heavy (non-hydrogen) atoms. The Labute approximate surface area is 116 Å². The summed E-state index contributed by atoms with van der Waals surface area (Å²) in [4.78, 5) is 11.9. The lowest BCUT2D eigenvalue weighted by Crippen LogP contribution is -2.24. The number of hydrogen-bond acceptors (Lipinski definition) is 2. The van der Waals surface area contributed by atoms with Crippen LogP contribution in [0.25, 0.3) is 0 Å². The lowest BCUT2D eigenvalue weighted by atomic mass is 10.1. The third-order valence-corrected chi connectivity index (χ3v) is 3.11. The largest absolute Gasteiger partial charge is 0.352 e. The highest BCUT2D eigenvalue weighted by Gasteiger charge is 2.04. The van der Waals surface area contributed by atoms with Gasteiger partial charge >= 0.3 is 0 Å². The summed E-state index contributed by atoms with van der Waals surface area (Å²) < 4.78 is 0. The van der Waals surface area contributed by atoms with Crippen molar-refractivity contribution in [3.05, 3.63) is 35.4 Å². The Balaban J connectivity index is 2.32. The van der Waals surface area contributed by atoms with Gasteiger partial charge in [0.2, 0.25) is 0 Å². The van der Waals surface area contributed by atoms with Crippen molar-refractivity contribution in [1.82, 2.24) is 10.6 Å². The maximum Gasteiger partial charge on any atom is 0.251 e. The number of benzene rings is 1. The quantitative estimate of drug-likeness (QED) is 0.671. The first-order valence-corrected chi connectivity index (χ1v) is 7.35. The van der Waals surface area contributed by atoms with Crippen LogP contribution in [-0.2, 0) is 6.54 Å². The van der Waals surface area contributed by atoms with Gasteiger partial charge in [0.05, 0.1) is 0 Å². The fraction of sp³-hybridized carbons (Fsp3) is 0.562. The molecule has 1 amide bonds. The van der Waals surface area contributed by atoms with Crippen LogP contribution in [-0.4, -0.2) is 19.0 Å². The van der Waals surface area contributed by atoms with Gasteiger partial charge in [-0.1, -0.05) is 45.2 Å². The zero-order valence-corrected chi connectivity index (χ0v) is 12.2. The van der Waals surface area contributed by atoms with Gasteiger partial charge in [-0.2, -0.15) is 0 Å². The molecule has 0 aliphatic rings. The van der Waals surface area contributed by atoms with E-state index < -0.39 is 0 Å². The van der Waals surface area contributed by atoms with E-state index >= 15 is 0 Å². The van der Waals surface area contributed by atoms with Crippen LogP contribution >= 0.6 is 0 Å². The molecule has 0 aromatic heterocycles. The maximum atomic E-state index is 11.9. The van der Waals surface area contributed by atoms with Gasteiger partial charge in [0.25, 0.3) is 5.91 Å². The SMILES string of the molecule is CCCCCCNC(=O)c1ccc(CNCC)cc1. The lowest BCUT2D eigenvalue weighted by Gasteiger charge is -2.06. The van der Waals surface area contributed by atoms with Crippen molar-refractivity contribution in [3.8, 4) is 0 Å². The third-order valence-electron chi connectivity index (χ3n) is 3.11. The molecule has 106 valence electrons. The molecule has 0 aliphatic heterocycles. The summed E-state index contributed by atoms with van der Waals surface area (Å²) in [7, 11) is 0. The van der Waals surface area contributed by atoms with Crippen molar-refractivity contribution < 1.29 is 4.79 Å². The van der Waals surface area contributed by atoms with Crippen LogP contribution in [0.5, 0.6) is 0 Å². The average molecular weight is 262 g/mol. The number of amides is 1. The lowest BCUT2D eigenvalue weighted by molar-refractivity contribution is 0.0953. The van der Waals surface area contributed by atoms with Crippen molar-refractivity contribution in [2.45, 2.75) is 46.1 Å². The number of carbonyl (C=O) groups excluding carboxylic acids is 1. The highest BCUT2D eigenvalue weighted by molar-refractivity contribution is 5.94. The van der Waals surface area contributed by atoms with Crippen LogP contribution in [0.4, 0.5) is 0 Å². The molecule has 0 heterocycles. The van der Waals surface area contributed by atoms with Crippen LogP contribution in [0.3, 0.4) is 0 Å². The summed E-state index contributed by atoms with van der Waals surface area (Å²) in [6.07, 6.45) is 4.73. The Hall–Kier alpha value is -1.35. The van der Waals surface area contributed by atoms with Gasteiger partial charge in [-0.3, -0.25) is 4.79 Å². The van der Waals surface area contributed by atoms with Crippen molar-refractivity contribution in [3.63, 3.8) is 0 Å². The molecule has 1 rings (SSSR count). The summed E-state index contributed by atoms with van der Waals surface area (Å²) in [6.45, 7) is 6.86. The van der Waals surface area contributed by atoms with Crippen LogP contribution in [0.15, 0.2) is 24.3 Å². The number of carbonyl (C=O) groups is 1. The van der Waals surface area contributed by atoms with Gasteiger partial charge in [0.15, 0.2) is 0 Å². The molecule has 0 fully saturated rings. The Kier molecular flexibility index (Phi) is 7.91. The van der Waals surface area contributed by atoms with E-state index in [1.54, 1.807) is 0 Å². The van der Waals surface area contributed by atoms with E-state index in [0.29, 0.717) is 0 Å². The summed E-state index contributed by atoms with van der Waals surface area (Å²) >= 11 is 0. The third kappa shape index (κ3) is 6.39. The van der Waals surface area contributed by atoms with Crippen molar-refractivity contribution >= 4 is 5.91 Å². The second kappa shape index (κ2) is 9.56. The molecule has 0 bridgehead atoms. The van der Waals surface area contributed by atoms with E-state index in [1.807, 2.05) is 24.3 Å². The molecule has 0 unspecified atom stereocenters. The van der Waals surface area contributed by atoms with E-state index in [-0.39, 0.29) is 5.91 Å². The van der Waals surface area contributed by atoms with Crippen LogP contribution in [0, 0.1) is 0 Å². The van der Waals surface area contributed by atoms with Crippen molar-refractivity contribution in [2.75, 3.05) is 13.1 Å². The molecule has 0 spiro atoms. The highest BCUT2D eigenvalue weighted by Crippen LogP contribution is 2.04. The minimum atomic E-state index is 0.0338. The summed E-state index contributed by atoms with van der Waals surface area (Å²) in [5, 5.41) is 6.23. The maximum absolute atomic E-state index is 11.9. The van der Waals surface area contributed by atoms with Gasteiger partial charge in [-0.05, 0) is 30.7 Å². The Morgan fingerprint density at radius 1 is 1.05 bits per heavy atom.